The molecule has 1 aromatic heterocycles. The molecule has 0 spiro atoms. The van der Waals surface area contributed by atoms with Crippen molar-refractivity contribution in [1.82, 2.24) is 10.2 Å². The van der Waals surface area contributed by atoms with Crippen molar-refractivity contribution in [3.05, 3.63) is 8.92 Å². The van der Waals surface area contributed by atoms with Crippen LogP contribution in [0.1, 0.15) is 29.5 Å². The lowest BCUT2D eigenvalue weighted by Crippen LogP contribution is -2.21. The van der Waals surface area contributed by atoms with Crippen LogP contribution in [0.5, 0.6) is 0 Å². The SMILES string of the molecule is O=S1(=O)CCCCC1c1nnc(Br)s1. The van der Waals surface area contributed by atoms with Gasteiger partial charge in [-0.05, 0) is 28.8 Å². The third-order valence-electron chi connectivity index (χ3n) is 2.27. The molecule has 1 aliphatic heterocycles. The molecule has 0 N–H and O–H groups in total. The Balaban J connectivity index is 2.33. The Kier molecular flexibility index (Phi) is 2.90. The smallest absolute Gasteiger partial charge is 0.183 e. The highest BCUT2D eigenvalue weighted by Crippen LogP contribution is 2.35. The fraction of sp³-hybridized carbons (Fsp3) is 0.714. The van der Waals surface area contributed by atoms with E-state index in [-0.39, 0.29) is 5.75 Å². The summed E-state index contributed by atoms with van der Waals surface area (Å²) in [6.07, 6.45) is 2.42. The van der Waals surface area contributed by atoms with Gasteiger partial charge in [0.15, 0.2) is 13.8 Å². The van der Waals surface area contributed by atoms with Gasteiger partial charge in [0.25, 0.3) is 0 Å². The zero-order valence-electron chi connectivity index (χ0n) is 7.31. The van der Waals surface area contributed by atoms with Crippen molar-refractivity contribution in [3.63, 3.8) is 0 Å². The quantitative estimate of drug-likeness (QED) is 0.795. The second-order valence-corrected chi connectivity index (χ2v) is 7.83. The minimum atomic E-state index is -2.98. The molecule has 1 saturated heterocycles. The van der Waals surface area contributed by atoms with E-state index in [1.54, 1.807) is 0 Å². The van der Waals surface area contributed by atoms with Gasteiger partial charge in [0, 0.05) is 0 Å². The Hall–Kier alpha value is -0.0100. The average molecular weight is 297 g/mol. The van der Waals surface area contributed by atoms with Crippen molar-refractivity contribution in [2.45, 2.75) is 24.5 Å². The summed E-state index contributed by atoms with van der Waals surface area (Å²) >= 11 is 4.50. The molecule has 1 fully saturated rings. The minimum absolute atomic E-state index is 0.287. The molecule has 4 nitrogen and oxygen atoms in total. The van der Waals surface area contributed by atoms with Crippen molar-refractivity contribution >= 4 is 37.1 Å². The third kappa shape index (κ3) is 1.99. The molecule has 0 aliphatic carbocycles. The summed E-state index contributed by atoms with van der Waals surface area (Å²) in [5.74, 6) is 0.287. The molecule has 0 amide bonds. The van der Waals surface area contributed by atoms with E-state index in [0.29, 0.717) is 15.3 Å². The van der Waals surface area contributed by atoms with Crippen LogP contribution in [0.15, 0.2) is 3.92 Å². The third-order valence-corrected chi connectivity index (χ3v) is 6.07. The Labute approximate surface area is 94.8 Å². The van der Waals surface area contributed by atoms with Crippen LogP contribution in [0.3, 0.4) is 0 Å². The van der Waals surface area contributed by atoms with Crippen LogP contribution in [0.4, 0.5) is 0 Å². The van der Waals surface area contributed by atoms with Gasteiger partial charge >= 0.3 is 0 Å². The summed E-state index contributed by atoms with van der Waals surface area (Å²) in [6.45, 7) is 0. The van der Waals surface area contributed by atoms with Crippen molar-refractivity contribution in [2.24, 2.45) is 0 Å². The first kappa shape index (κ1) is 10.5. The molecule has 1 aliphatic rings. The second-order valence-electron chi connectivity index (χ2n) is 3.24. The van der Waals surface area contributed by atoms with Gasteiger partial charge in [-0.2, -0.15) is 0 Å². The van der Waals surface area contributed by atoms with Gasteiger partial charge in [-0.15, -0.1) is 10.2 Å². The van der Waals surface area contributed by atoms with E-state index in [0.717, 1.165) is 12.8 Å². The van der Waals surface area contributed by atoms with E-state index in [9.17, 15) is 8.42 Å². The fourth-order valence-electron chi connectivity index (χ4n) is 1.58. The predicted octanol–water partition coefficient (Wildman–Crippen LogP) is 1.94. The van der Waals surface area contributed by atoms with Crippen LogP contribution in [0.25, 0.3) is 0 Å². The largest absolute Gasteiger partial charge is 0.228 e. The molecule has 0 aromatic carbocycles. The van der Waals surface area contributed by atoms with Crippen LogP contribution in [-0.2, 0) is 9.84 Å². The van der Waals surface area contributed by atoms with Crippen molar-refractivity contribution in [3.8, 4) is 0 Å². The number of hydrogen-bond donors (Lipinski definition) is 0. The van der Waals surface area contributed by atoms with Gasteiger partial charge in [0.1, 0.15) is 10.3 Å². The second kappa shape index (κ2) is 3.86. The number of hydrogen-bond acceptors (Lipinski definition) is 5. The first-order valence-electron chi connectivity index (χ1n) is 4.30. The molecule has 78 valence electrons. The van der Waals surface area contributed by atoms with Gasteiger partial charge in [0.05, 0.1) is 5.75 Å². The maximum atomic E-state index is 11.7. The number of sulfone groups is 1. The number of nitrogens with zero attached hydrogens (tertiary/aromatic N) is 2. The van der Waals surface area contributed by atoms with E-state index in [2.05, 4.69) is 26.1 Å². The molecule has 2 rings (SSSR count). The zero-order valence-corrected chi connectivity index (χ0v) is 10.5. The lowest BCUT2D eigenvalue weighted by atomic mass is 10.2. The highest BCUT2D eigenvalue weighted by molar-refractivity contribution is 9.11. The maximum absolute atomic E-state index is 11.7. The van der Waals surface area contributed by atoms with E-state index in [1.807, 2.05) is 0 Å². The van der Waals surface area contributed by atoms with Crippen molar-refractivity contribution < 1.29 is 8.42 Å². The van der Waals surface area contributed by atoms with Gasteiger partial charge in [-0.1, -0.05) is 17.8 Å². The monoisotopic (exact) mass is 296 g/mol. The normalized spacial score (nSPS) is 26.2. The van der Waals surface area contributed by atoms with Gasteiger partial charge < -0.3 is 0 Å². The van der Waals surface area contributed by atoms with Crippen LogP contribution in [0, 0.1) is 0 Å². The first-order chi connectivity index (χ1) is 6.59. The Morgan fingerprint density at radius 1 is 1.36 bits per heavy atom. The van der Waals surface area contributed by atoms with Gasteiger partial charge in [-0.25, -0.2) is 8.42 Å². The topological polar surface area (TPSA) is 59.9 Å². The number of aromatic nitrogens is 2. The molecular weight excluding hydrogens is 288 g/mol. The Bertz CT molecular complexity index is 429. The molecule has 0 bridgehead atoms. The average Bonchev–Trinajstić information content (AvgIpc) is 2.51. The molecule has 1 aromatic rings. The summed E-state index contributed by atoms with van der Waals surface area (Å²) in [4.78, 5) is 0. The lowest BCUT2D eigenvalue weighted by molar-refractivity contribution is 0.544. The lowest BCUT2D eigenvalue weighted by Gasteiger charge is -2.19. The van der Waals surface area contributed by atoms with Gasteiger partial charge in [0.2, 0.25) is 0 Å². The fourth-order valence-corrected chi connectivity index (χ4v) is 5.10. The molecule has 1 atom stereocenters. The summed E-state index contributed by atoms with van der Waals surface area (Å²) in [6, 6.07) is 0. The molecule has 2 heterocycles. The zero-order chi connectivity index (χ0) is 10.2. The summed E-state index contributed by atoms with van der Waals surface area (Å²) in [5, 5.41) is 7.86. The van der Waals surface area contributed by atoms with Crippen LogP contribution >= 0.6 is 27.3 Å². The van der Waals surface area contributed by atoms with Crippen LogP contribution in [0.2, 0.25) is 0 Å². The molecule has 0 saturated carbocycles. The predicted molar refractivity (Wildman–Crippen MR) is 58.0 cm³/mol. The van der Waals surface area contributed by atoms with Crippen LogP contribution < -0.4 is 0 Å². The Morgan fingerprint density at radius 3 is 2.71 bits per heavy atom. The Morgan fingerprint density at radius 2 is 2.14 bits per heavy atom. The standard InChI is InChI=1S/C7H9BrN2O2S2/c8-7-10-9-6(13-7)5-3-1-2-4-14(5,11)12/h5H,1-4H2. The highest BCUT2D eigenvalue weighted by Gasteiger charge is 2.32. The summed E-state index contributed by atoms with van der Waals surface area (Å²) in [5.41, 5.74) is 0. The van der Waals surface area contributed by atoms with Gasteiger partial charge in [-0.3, -0.25) is 0 Å². The van der Waals surface area contributed by atoms with E-state index in [1.165, 1.54) is 11.3 Å². The number of rotatable bonds is 1. The molecule has 1 unspecified atom stereocenters. The number of halogens is 1. The van der Waals surface area contributed by atoms with Crippen molar-refractivity contribution in [2.75, 3.05) is 5.75 Å². The van der Waals surface area contributed by atoms with Crippen LogP contribution in [-0.4, -0.2) is 24.4 Å². The van der Waals surface area contributed by atoms with E-state index < -0.39 is 15.1 Å². The summed E-state index contributed by atoms with van der Waals surface area (Å²) < 4.78 is 24.1. The van der Waals surface area contributed by atoms with Crippen molar-refractivity contribution in [1.29, 1.82) is 0 Å². The molecule has 14 heavy (non-hydrogen) atoms. The minimum Gasteiger partial charge on any atom is -0.228 e. The van der Waals surface area contributed by atoms with E-state index >= 15 is 0 Å². The highest BCUT2D eigenvalue weighted by atomic mass is 79.9. The summed E-state index contributed by atoms with van der Waals surface area (Å²) in [7, 11) is -2.98. The first-order valence-corrected chi connectivity index (χ1v) is 7.62. The maximum Gasteiger partial charge on any atom is 0.183 e. The molecule has 0 radical (unpaired) electrons. The molecular formula is C7H9BrN2O2S2. The van der Waals surface area contributed by atoms with E-state index in [4.69, 9.17) is 0 Å². The molecule has 7 heteroatoms.